The molecule has 0 amide bonds. The number of hydrogen-bond donors (Lipinski definition) is 3. The topological polar surface area (TPSA) is 87.8 Å². The Hall–Kier alpha value is -2.90. The van der Waals surface area contributed by atoms with Crippen molar-refractivity contribution in [3.63, 3.8) is 0 Å². The minimum atomic E-state index is -0.515. The van der Waals surface area contributed by atoms with Crippen LogP contribution in [0, 0.1) is 0 Å². The van der Waals surface area contributed by atoms with E-state index in [1.54, 1.807) is 0 Å². The summed E-state index contributed by atoms with van der Waals surface area (Å²) in [5, 5.41) is 0. The normalized spacial score (nSPS) is 22.2. The lowest BCUT2D eigenvalue weighted by Crippen LogP contribution is -2.79. The van der Waals surface area contributed by atoms with Gasteiger partial charge in [-0.3, -0.25) is 17.2 Å². The van der Waals surface area contributed by atoms with Gasteiger partial charge >= 0.3 is 0 Å². The highest BCUT2D eigenvalue weighted by molar-refractivity contribution is 5.60. The van der Waals surface area contributed by atoms with Crippen LogP contribution in [-0.4, -0.2) is 29.8 Å². The summed E-state index contributed by atoms with van der Waals surface area (Å²) in [5.41, 5.74) is 24.8. The Kier molecular flexibility index (Phi) is 6.25. The minimum absolute atomic E-state index is 0.132. The summed E-state index contributed by atoms with van der Waals surface area (Å²) in [5.74, 6) is 0. The van der Waals surface area contributed by atoms with Gasteiger partial charge < -0.3 is 9.80 Å². The maximum atomic E-state index is 6.86. The van der Waals surface area contributed by atoms with E-state index >= 15 is 0 Å². The lowest BCUT2D eigenvalue weighted by atomic mass is 10.0. The third-order valence-corrected chi connectivity index (χ3v) is 5.91. The molecule has 0 aliphatic carbocycles. The first-order chi connectivity index (χ1) is 15.0. The summed E-state index contributed by atoms with van der Waals surface area (Å²) in [6, 6.07) is 28.9. The molecule has 4 rings (SSSR count). The summed E-state index contributed by atoms with van der Waals surface area (Å²) < 4.78 is 0. The van der Waals surface area contributed by atoms with Crippen molar-refractivity contribution in [2.24, 2.45) is 17.2 Å². The number of nitrogens with zero attached hydrogens (tertiary/aromatic N) is 3. The Morgan fingerprint density at radius 3 is 1.87 bits per heavy atom. The smallest absolute Gasteiger partial charge is 0.159 e. The quantitative estimate of drug-likeness (QED) is 0.593. The van der Waals surface area contributed by atoms with Gasteiger partial charge in [0.05, 0.1) is 0 Å². The summed E-state index contributed by atoms with van der Waals surface area (Å²) in [6.45, 7) is 4.21. The summed E-state index contributed by atoms with van der Waals surface area (Å²) >= 11 is 0. The van der Waals surface area contributed by atoms with E-state index in [1.165, 1.54) is 11.1 Å². The molecule has 162 valence electrons. The number of para-hydroxylation sites is 2. The van der Waals surface area contributed by atoms with Crippen molar-refractivity contribution in [3.05, 3.63) is 96.1 Å². The molecule has 0 bridgehead atoms. The molecule has 0 radical (unpaired) electrons. The largest absolute Gasteiger partial charge is 0.310 e. The van der Waals surface area contributed by atoms with E-state index in [9.17, 15) is 0 Å². The second-order valence-electron chi connectivity index (χ2n) is 8.22. The first-order valence-corrected chi connectivity index (χ1v) is 10.8. The molecule has 3 unspecified atom stereocenters. The predicted octanol–water partition coefficient (Wildman–Crippen LogP) is 3.04. The van der Waals surface area contributed by atoms with Gasteiger partial charge in [0.2, 0.25) is 0 Å². The molecular weight excluding hydrogens is 384 g/mol. The van der Waals surface area contributed by atoms with Gasteiger partial charge in [0.1, 0.15) is 12.6 Å². The first kappa shape index (κ1) is 21.3. The highest BCUT2D eigenvalue weighted by Crippen LogP contribution is 2.33. The predicted molar refractivity (Wildman–Crippen MR) is 128 cm³/mol. The Morgan fingerprint density at radius 1 is 0.677 bits per heavy atom. The molecule has 6 nitrogen and oxygen atoms in total. The SMILES string of the molecule is CC(C)N1C(N)N(c2ccccc2)C(N)N(c2ccccc2Cc2ccccc2)C1N. The van der Waals surface area contributed by atoms with Crippen LogP contribution in [0.3, 0.4) is 0 Å². The van der Waals surface area contributed by atoms with Crippen LogP contribution < -0.4 is 27.0 Å². The fourth-order valence-corrected chi connectivity index (χ4v) is 4.42. The zero-order chi connectivity index (χ0) is 22.0. The van der Waals surface area contributed by atoms with E-state index in [1.807, 2.05) is 47.4 Å². The summed E-state index contributed by atoms with van der Waals surface area (Å²) in [7, 11) is 0. The fraction of sp³-hybridized carbons (Fsp3) is 0.280. The van der Waals surface area contributed by atoms with Crippen LogP contribution in [0.15, 0.2) is 84.9 Å². The standard InChI is InChI=1S/C25H32N6/c1-18(2)29-23(26)30(21-14-7-4-8-15-21)25(28)31(24(29)27)22-16-10-9-13-20(22)17-19-11-5-3-6-12-19/h3-16,18,23-25H,17,26-28H2,1-2H3. The first-order valence-electron chi connectivity index (χ1n) is 10.8. The number of anilines is 2. The van der Waals surface area contributed by atoms with Gasteiger partial charge in [0.15, 0.2) is 6.29 Å². The van der Waals surface area contributed by atoms with E-state index < -0.39 is 18.9 Å². The molecule has 3 aromatic carbocycles. The highest BCUT2D eigenvalue weighted by atomic mass is 15.7. The zero-order valence-corrected chi connectivity index (χ0v) is 18.2. The number of nitrogens with two attached hydrogens (primary N) is 3. The molecule has 6 heteroatoms. The van der Waals surface area contributed by atoms with Gasteiger partial charge in [-0.05, 0) is 49.6 Å². The lowest BCUT2D eigenvalue weighted by molar-refractivity contribution is 0.0527. The van der Waals surface area contributed by atoms with E-state index in [4.69, 9.17) is 17.2 Å². The zero-order valence-electron chi connectivity index (χ0n) is 18.2. The van der Waals surface area contributed by atoms with Crippen LogP contribution in [0.4, 0.5) is 11.4 Å². The van der Waals surface area contributed by atoms with E-state index in [-0.39, 0.29) is 6.04 Å². The van der Waals surface area contributed by atoms with Crippen LogP contribution in [0.5, 0.6) is 0 Å². The molecule has 1 aliphatic heterocycles. The lowest BCUT2D eigenvalue weighted by Gasteiger charge is -2.57. The monoisotopic (exact) mass is 416 g/mol. The molecule has 0 aromatic heterocycles. The highest BCUT2D eigenvalue weighted by Gasteiger charge is 2.43. The molecule has 31 heavy (non-hydrogen) atoms. The second-order valence-corrected chi connectivity index (χ2v) is 8.22. The van der Waals surface area contributed by atoms with Gasteiger partial charge in [0.25, 0.3) is 0 Å². The average Bonchev–Trinajstić information content (AvgIpc) is 2.76. The molecule has 3 aromatic rings. The van der Waals surface area contributed by atoms with Crippen molar-refractivity contribution < 1.29 is 0 Å². The van der Waals surface area contributed by atoms with Crippen molar-refractivity contribution in [1.29, 1.82) is 0 Å². The van der Waals surface area contributed by atoms with E-state index in [0.717, 1.165) is 17.8 Å². The Balaban J connectivity index is 1.78. The third kappa shape index (κ3) is 4.16. The van der Waals surface area contributed by atoms with Crippen LogP contribution in [0.2, 0.25) is 0 Å². The number of rotatable bonds is 5. The molecule has 3 atom stereocenters. The Bertz CT molecular complexity index is 978. The molecule has 0 spiro atoms. The van der Waals surface area contributed by atoms with Crippen molar-refractivity contribution in [1.82, 2.24) is 4.90 Å². The second kappa shape index (κ2) is 9.08. The van der Waals surface area contributed by atoms with Crippen molar-refractivity contribution in [2.75, 3.05) is 9.80 Å². The van der Waals surface area contributed by atoms with Crippen molar-refractivity contribution in [3.8, 4) is 0 Å². The van der Waals surface area contributed by atoms with Crippen LogP contribution in [-0.2, 0) is 6.42 Å². The molecule has 1 fully saturated rings. The van der Waals surface area contributed by atoms with Crippen molar-refractivity contribution >= 4 is 11.4 Å². The van der Waals surface area contributed by atoms with Crippen LogP contribution in [0.1, 0.15) is 25.0 Å². The third-order valence-electron chi connectivity index (χ3n) is 5.91. The van der Waals surface area contributed by atoms with Gasteiger partial charge in [-0.25, -0.2) is 4.90 Å². The average molecular weight is 417 g/mol. The Morgan fingerprint density at radius 2 is 1.23 bits per heavy atom. The minimum Gasteiger partial charge on any atom is -0.310 e. The molecule has 1 aliphatic rings. The molecule has 0 saturated carbocycles. The van der Waals surface area contributed by atoms with Crippen LogP contribution in [0.25, 0.3) is 0 Å². The Labute approximate surface area is 184 Å². The van der Waals surface area contributed by atoms with E-state index in [2.05, 4.69) is 66.1 Å². The van der Waals surface area contributed by atoms with Crippen molar-refractivity contribution in [2.45, 2.75) is 45.2 Å². The van der Waals surface area contributed by atoms with Gasteiger partial charge in [0, 0.05) is 17.4 Å². The number of benzene rings is 3. The van der Waals surface area contributed by atoms with Gasteiger partial charge in [-0.2, -0.15) is 0 Å². The van der Waals surface area contributed by atoms with Gasteiger partial charge in [-0.15, -0.1) is 0 Å². The maximum absolute atomic E-state index is 6.86. The molecule has 1 heterocycles. The molecule has 6 N–H and O–H groups in total. The van der Waals surface area contributed by atoms with Crippen LogP contribution >= 0.6 is 0 Å². The molecular formula is C25H32N6. The fourth-order valence-electron chi connectivity index (χ4n) is 4.42. The van der Waals surface area contributed by atoms with E-state index in [0.29, 0.717) is 0 Å². The van der Waals surface area contributed by atoms with Gasteiger partial charge in [-0.1, -0.05) is 66.7 Å². The summed E-state index contributed by atoms with van der Waals surface area (Å²) in [6.07, 6.45) is -0.613. The maximum Gasteiger partial charge on any atom is 0.159 e. The molecule has 1 saturated heterocycles. The number of hydrogen-bond acceptors (Lipinski definition) is 6. The summed E-state index contributed by atoms with van der Waals surface area (Å²) in [4.78, 5) is 6.20.